The summed E-state index contributed by atoms with van der Waals surface area (Å²) in [5.74, 6) is 0.355. The number of aliphatic hydroxyl groups is 1. The van der Waals surface area contributed by atoms with Crippen molar-refractivity contribution in [2.45, 2.75) is 50.7 Å². The van der Waals surface area contributed by atoms with Gasteiger partial charge in [0.15, 0.2) is 0 Å². The molecule has 1 saturated carbocycles. The van der Waals surface area contributed by atoms with E-state index >= 15 is 0 Å². The second kappa shape index (κ2) is 5.60. The fourth-order valence-electron chi connectivity index (χ4n) is 2.77. The lowest BCUT2D eigenvalue weighted by Crippen LogP contribution is -2.45. The zero-order valence-electron chi connectivity index (χ0n) is 12.2. The highest BCUT2D eigenvalue weighted by Crippen LogP contribution is 2.38. The van der Waals surface area contributed by atoms with Gasteiger partial charge >= 0.3 is 0 Å². The molecule has 1 aliphatic heterocycles. The molecule has 0 bridgehead atoms. The van der Waals surface area contributed by atoms with E-state index in [4.69, 9.17) is 0 Å². The van der Waals surface area contributed by atoms with Gasteiger partial charge in [-0.1, -0.05) is 0 Å². The first-order valence-corrected chi connectivity index (χ1v) is 7.63. The molecule has 2 fully saturated rings. The summed E-state index contributed by atoms with van der Waals surface area (Å²) in [4.78, 5) is 26.2. The maximum atomic E-state index is 12.5. The number of carbonyl (C=O) groups excluding carboxylic acids is 1. The smallest absolute Gasteiger partial charge is 0.267 e. The molecule has 1 atom stereocenters. The lowest BCUT2D eigenvalue weighted by molar-refractivity contribution is -0.136. The highest BCUT2D eigenvalue weighted by Gasteiger charge is 2.29. The van der Waals surface area contributed by atoms with Gasteiger partial charge in [-0.3, -0.25) is 9.59 Å². The Hall–Kier alpha value is -1.69. The first kappa shape index (κ1) is 14.3. The summed E-state index contributed by atoms with van der Waals surface area (Å²) in [6.07, 6.45) is 3.10. The molecule has 0 radical (unpaired) electrons. The highest BCUT2D eigenvalue weighted by atomic mass is 16.3. The molecule has 6 nitrogen and oxygen atoms in total. The van der Waals surface area contributed by atoms with E-state index in [1.807, 2.05) is 0 Å². The Morgan fingerprint density at radius 1 is 1.29 bits per heavy atom. The summed E-state index contributed by atoms with van der Waals surface area (Å²) in [7, 11) is 0. The Morgan fingerprint density at radius 3 is 2.57 bits per heavy atom. The molecular weight excluding hydrogens is 270 g/mol. The standard InChI is InChI=1S/C15H21N3O3/c1-10(15(21)17-8-6-12(19)7-9-17)18-14(20)5-4-13(16-18)11-2-3-11/h4-5,10-12,19H,2-3,6-9H2,1H3. The largest absolute Gasteiger partial charge is 0.393 e. The number of amides is 1. The van der Waals surface area contributed by atoms with Crippen LogP contribution in [0.15, 0.2) is 16.9 Å². The SMILES string of the molecule is CC(C(=O)N1CCC(O)CC1)n1nc(C2CC2)ccc1=O. The van der Waals surface area contributed by atoms with E-state index in [2.05, 4.69) is 5.10 Å². The average Bonchev–Trinajstić information content (AvgIpc) is 3.32. The van der Waals surface area contributed by atoms with Crippen molar-refractivity contribution in [3.8, 4) is 0 Å². The fraction of sp³-hybridized carbons (Fsp3) is 0.667. The van der Waals surface area contributed by atoms with Crippen LogP contribution in [0, 0.1) is 0 Å². The molecule has 1 aromatic heterocycles. The van der Waals surface area contributed by atoms with Gasteiger partial charge < -0.3 is 10.0 Å². The van der Waals surface area contributed by atoms with Crippen LogP contribution >= 0.6 is 0 Å². The van der Waals surface area contributed by atoms with Crippen LogP contribution in [0.4, 0.5) is 0 Å². The molecule has 1 unspecified atom stereocenters. The molecule has 2 aliphatic rings. The Kier molecular flexibility index (Phi) is 3.80. The number of aromatic nitrogens is 2. The Bertz CT molecular complexity index is 586. The third-order valence-corrected chi connectivity index (χ3v) is 4.34. The van der Waals surface area contributed by atoms with Crippen LogP contribution < -0.4 is 5.56 Å². The number of carbonyl (C=O) groups is 1. The number of piperidine rings is 1. The molecule has 1 amide bonds. The predicted molar refractivity (Wildman–Crippen MR) is 77.0 cm³/mol. The van der Waals surface area contributed by atoms with Gasteiger partial charge in [-0.25, -0.2) is 4.68 Å². The van der Waals surface area contributed by atoms with Gasteiger partial charge in [0, 0.05) is 25.1 Å². The van der Waals surface area contributed by atoms with Crippen LogP contribution in [0.1, 0.15) is 50.3 Å². The molecule has 1 aromatic rings. The summed E-state index contributed by atoms with van der Waals surface area (Å²) < 4.78 is 1.31. The molecular formula is C15H21N3O3. The minimum atomic E-state index is -0.591. The van der Waals surface area contributed by atoms with Gasteiger partial charge in [0.1, 0.15) is 6.04 Å². The minimum absolute atomic E-state index is 0.0931. The quantitative estimate of drug-likeness (QED) is 0.888. The number of likely N-dealkylation sites (tertiary alicyclic amines) is 1. The van der Waals surface area contributed by atoms with Crippen molar-refractivity contribution in [3.05, 3.63) is 28.2 Å². The van der Waals surface area contributed by atoms with E-state index in [1.165, 1.54) is 10.7 Å². The van der Waals surface area contributed by atoms with E-state index in [0.717, 1.165) is 18.5 Å². The third kappa shape index (κ3) is 3.00. The van der Waals surface area contributed by atoms with Crippen molar-refractivity contribution >= 4 is 5.91 Å². The van der Waals surface area contributed by atoms with Gasteiger partial charge in [0.2, 0.25) is 5.91 Å². The van der Waals surface area contributed by atoms with Gasteiger partial charge in [0.05, 0.1) is 11.8 Å². The molecule has 1 saturated heterocycles. The molecule has 21 heavy (non-hydrogen) atoms. The van der Waals surface area contributed by atoms with Gasteiger partial charge in [-0.15, -0.1) is 0 Å². The molecule has 2 heterocycles. The predicted octanol–water partition coefficient (Wildman–Crippen LogP) is 0.665. The summed E-state index contributed by atoms with van der Waals surface area (Å²) in [5, 5.41) is 13.9. The van der Waals surface area contributed by atoms with E-state index < -0.39 is 6.04 Å². The van der Waals surface area contributed by atoms with E-state index in [9.17, 15) is 14.7 Å². The zero-order chi connectivity index (χ0) is 15.0. The van der Waals surface area contributed by atoms with E-state index in [0.29, 0.717) is 31.8 Å². The monoisotopic (exact) mass is 291 g/mol. The summed E-state index contributed by atoms with van der Waals surface area (Å²) in [6.45, 7) is 2.81. The number of hydrogen-bond acceptors (Lipinski definition) is 4. The van der Waals surface area contributed by atoms with Crippen LogP contribution in [-0.4, -0.2) is 44.9 Å². The van der Waals surface area contributed by atoms with E-state index in [-0.39, 0.29) is 17.6 Å². The lowest BCUT2D eigenvalue weighted by Gasteiger charge is -2.31. The highest BCUT2D eigenvalue weighted by molar-refractivity contribution is 5.80. The van der Waals surface area contributed by atoms with Crippen molar-refractivity contribution in [1.29, 1.82) is 0 Å². The van der Waals surface area contributed by atoms with Crippen LogP contribution in [0.5, 0.6) is 0 Å². The Morgan fingerprint density at radius 2 is 1.95 bits per heavy atom. The maximum absolute atomic E-state index is 12.5. The number of hydrogen-bond donors (Lipinski definition) is 1. The third-order valence-electron chi connectivity index (χ3n) is 4.34. The number of nitrogens with zero attached hydrogens (tertiary/aromatic N) is 3. The van der Waals surface area contributed by atoms with Gasteiger partial charge in [0.25, 0.3) is 5.56 Å². The summed E-state index contributed by atoms with van der Waals surface area (Å²) in [5.41, 5.74) is 0.667. The molecule has 1 N–H and O–H groups in total. The van der Waals surface area contributed by atoms with Crippen LogP contribution in [0.25, 0.3) is 0 Å². The fourth-order valence-corrected chi connectivity index (χ4v) is 2.77. The zero-order valence-corrected chi connectivity index (χ0v) is 12.2. The van der Waals surface area contributed by atoms with Crippen molar-refractivity contribution in [1.82, 2.24) is 14.7 Å². The first-order chi connectivity index (χ1) is 10.1. The van der Waals surface area contributed by atoms with Gasteiger partial charge in [-0.2, -0.15) is 5.10 Å². The second-order valence-electron chi connectivity index (χ2n) is 6.05. The molecule has 3 rings (SSSR count). The second-order valence-corrected chi connectivity index (χ2v) is 6.05. The summed E-state index contributed by atoms with van der Waals surface area (Å²) >= 11 is 0. The first-order valence-electron chi connectivity index (χ1n) is 7.63. The molecule has 0 spiro atoms. The molecule has 114 valence electrons. The molecule has 6 heteroatoms. The van der Waals surface area contributed by atoms with Crippen LogP contribution in [0.3, 0.4) is 0 Å². The number of aliphatic hydroxyl groups excluding tert-OH is 1. The van der Waals surface area contributed by atoms with Crippen molar-refractivity contribution in [2.75, 3.05) is 13.1 Å². The lowest BCUT2D eigenvalue weighted by atomic mass is 10.1. The Balaban J connectivity index is 1.77. The minimum Gasteiger partial charge on any atom is -0.393 e. The normalized spacial score (nSPS) is 21.3. The average molecular weight is 291 g/mol. The summed E-state index contributed by atoms with van der Waals surface area (Å²) in [6, 6.07) is 2.68. The number of rotatable bonds is 3. The molecule has 0 aromatic carbocycles. The van der Waals surface area contributed by atoms with Crippen molar-refractivity contribution < 1.29 is 9.90 Å². The van der Waals surface area contributed by atoms with E-state index in [1.54, 1.807) is 17.9 Å². The molecule has 1 aliphatic carbocycles. The van der Waals surface area contributed by atoms with Crippen LogP contribution in [-0.2, 0) is 4.79 Å². The topological polar surface area (TPSA) is 75.4 Å². The van der Waals surface area contributed by atoms with Crippen molar-refractivity contribution in [2.24, 2.45) is 0 Å². The maximum Gasteiger partial charge on any atom is 0.267 e. The van der Waals surface area contributed by atoms with Crippen LogP contribution in [0.2, 0.25) is 0 Å². The Labute approximate surface area is 123 Å². The van der Waals surface area contributed by atoms with Gasteiger partial charge in [-0.05, 0) is 38.7 Å². The van der Waals surface area contributed by atoms with Crippen molar-refractivity contribution in [3.63, 3.8) is 0 Å².